The van der Waals surface area contributed by atoms with Crippen LogP contribution in [0.5, 0.6) is 5.75 Å². The van der Waals surface area contributed by atoms with E-state index in [-0.39, 0.29) is 37.2 Å². The number of carbonyl (C=O) groups excluding carboxylic acids is 2. The summed E-state index contributed by atoms with van der Waals surface area (Å²) in [5, 5.41) is 0. The van der Waals surface area contributed by atoms with Crippen molar-refractivity contribution < 1.29 is 23.5 Å². The minimum Gasteiger partial charge on any atom is -0.484 e. The van der Waals surface area contributed by atoms with E-state index in [1.807, 2.05) is 0 Å². The van der Waals surface area contributed by atoms with Gasteiger partial charge in [-0.15, -0.1) is 0 Å². The summed E-state index contributed by atoms with van der Waals surface area (Å²) >= 11 is 0. The number of nitrogens with zero attached hydrogens (tertiary/aromatic N) is 2. The van der Waals surface area contributed by atoms with Gasteiger partial charge in [-0.05, 0) is 18.6 Å². The number of fused-ring (bicyclic) bond motifs is 1. The van der Waals surface area contributed by atoms with E-state index in [2.05, 4.69) is 0 Å². The molecular formula is C16H19FN2O4. The molecule has 2 fully saturated rings. The summed E-state index contributed by atoms with van der Waals surface area (Å²) in [6, 6.07) is 5.56. The normalized spacial score (nSPS) is 24.3. The Labute approximate surface area is 133 Å². The van der Waals surface area contributed by atoms with Gasteiger partial charge in [-0.1, -0.05) is 6.07 Å². The fraction of sp³-hybridized carbons (Fsp3) is 0.500. The zero-order valence-corrected chi connectivity index (χ0v) is 12.9. The van der Waals surface area contributed by atoms with Crippen LogP contribution in [0.15, 0.2) is 24.3 Å². The van der Waals surface area contributed by atoms with Gasteiger partial charge in [-0.2, -0.15) is 0 Å². The molecule has 0 aromatic heterocycles. The van der Waals surface area contributed by atoms with Crippen LogP contribution in [0, 0.1) is 5.82 Å². The molecule has 2 heterocycles. The van der Waals surface area contributed by atoms with Crippen molar-refractivity contribution in [2.45, 2.75) is 18.6 Å². The summed E-state index contributed by atoms with van der Waals surface area (Å²) in [6.07, 6.45) is 0.666. The molecule has 23 heavy (non-hydrogen) atoms. The van der Waals surface area contributed by atoms with Crippen LogP contribution in [-0.4, -0.2) is 67.1 Å². The van der Waals surface area contributed by atoms with Crippen molar-refractivity contribution in [3.8, 4) is 5.75 Å². The Morgan fingerprint density at radius 1 is 1.48 bits per heavy atom. The Kier molecular flexibility index (Phi) is 4.47. The summed E-state index contributed by atoms with van der Waals surface area (Å²) in [4.78, 5) is 27.3. The highest BCUT2D eigenvalue weighted by Crippen LogP contribution is 2.22. The predicted octanol–water partition coefficient (Wildman–Crippen LogP) is 0.663. The van der Waals surface area contributed by atoms with Crippen molar-refractivity contribution in [3.63, 3.8) is 0 Å². The minimum atomic E-state index is -0.407. The number of likely N-dealkylation sites (N-methyl/N-ethyl adjacent to an activating group) is 1. The third-order valence-electron chi connectivity index (χ3n) is 4.34. The molecule has 0 spiro atoms. The smallest absolute Gasteiger partial charge is 0.260 e. The highest BCUT2D eigenvalue weighted by atomic mass is 19.1. The molecule has 0 saturated carbocycles. The van der Waals surface area contributed by atoms with Gasteiger partial charge in [0.25, 0.3) is 5.91 Å². The summed E-state index contributed by atoms with van der Waals surface area (Å²) in [5.41, 5.74) is 0. The SMILES string of the molecule is CN1C(=O)CO[C@@H]2CCN(C(=O)COc3cccc(F)c3)C[C@@H]21. The van der Waals surface area contributed by atoms with E-state index < -0.39 is 5.82 Å². The molecule has 1 aromatic carbocycles. The standard InChI is InChI=1S/C16H19FN2O4/c1-18-13-8-19(6-5-14(13)23-9-15(18)20)16(21)10-22-12-4-2-3-11(17)7-12/h2-4,7,13-14H,5-6,8-10H2,1H3/t13-,14+/m0/s1. The number of rotatable bonds is 3. The number of hydrogen-bond donors (Lipinski definition) is 0. The lowest BCUT2D eigenvalue weighted by Gasteiger charge is -2.45. The average molecular weight is 322 g/mol. The topological polar surface area (TPSA) is 59.1 Å². The fourth-order valence-corrected chi connectivity index (χ4v) is 2.96. The van der Waals surface area contributed by atoms with Crippen LogP contribution in [-0.2, 0) is 14.3 Å². The summed E-state index contributed by atoms with van der Waals surface area (Å²) < 4.78 is 24.0. The number of ether oxygens (including phenoxy) is 2. The Hall–Kier alpha value is -2.15. The van der Waals surface area contributed by atoms with Crippen molar-refractivity contribution in [3.05, 3.63) is 30.1 Å². The molecule has 0 N–H and O–H groups in total. The van der Waals surface area contributed by atoms with Gasteiger partial charge in [0.05, 0.1) is 12.1 Å². The number of hydrogen-bond acceptors (Lipinski definition) is 4. The van der Waals surface area contributed by atoms with Gasteiger partial charge in [-0.3, -0.25) is 9.59 Å². The van der Waals surface area contributed by atoms with Gasteiger partial charge in [0.1, 0.15) is 18.2 Å². The van der Waals surface area contributed by atoms with Crippen molar-refractivity contribution in [2.75, 3.05) is 33.4 Å². The first-order chi connectivity index (χ1) is 11.0. The minimum absolute atomic E-state index is 0.0223. The van der Waals surface area contributed by atoms with E-state index in [0.717, 1.165) is 0 Å². The highest BCUT2D eigenvalue weighted by molar-refractivity contribution is 5.80. The average Bonchev–Trinajstić information content (AvgIpc) is 2.56. The van der Waals surface area contributed by atoms with Crippen molar-refractivity contribution >= 4 is 11.8 Å². The molecule has 2 atom stereocenters. The number of benzene rings is 1. The lowest BCUT2D eigenvalue weighted by atomic mass is 9.99. The second-order valence-electron chi connectivity index (χ2n) is 5.80. The molecule has 3 rings (SSSR count). The van der Waals surface area contributed by atoms with Gasteiger partial charge < -0.3 is 19.3 Å². The monoisotopic (exact) mass is 322 g/mol. The van der Waals surface area contributed by atoms with Crippen LogP contribution >= 0.6 is 0 Å². The molecule has 2 amide bonds. The van der Waals surface area contributed by atoms with E-state index in [1.165, 1.54) is 18.2 Å². The van der Waals surface area contributed by atoms with E-state index in [1.54, 1.807) is 22.9 Å². The van der Waals surface area contributed by atoms with E-state index >= 15 is 0 Å². The molecule has 0 bridgehead atoms. The third kappa shape index (κ3) is 3.44. The second-order valence-corrected chi connectivity index (χ2v) is 5.80. The molecular weight excluding hydrogens is 303 g/mol. The fourth-order valence-electron chi connectivity index (χ4n) is 2.96. The number of halogens is 1. The van der Waals surface area contributed by atoms with E-state index in [0.29, 0.717) is 25.3 Å². The van der Waals surface area contributed by atoms with Gasteiger partial charge in [-0.25, -0.2) is 4.39 Å². The molecule has 0 unspecified atom stereocenters. The summed E-state index contributed by atoms with van der Waals surface area (Å²) in [6.45, 7) is 0.945. The van der Waals surface area contributed by atoms with Gasteiger partial charge in [0.2, 0.25) is 5.91 Å². The molecule has 0 radical (unpaired) electrons. The number of likely N-dealkylation sites (tertiary alicyclic amines) is 1. The molecule has 6 nitrogen and oxygen atoms in total. The van der Waals surface area contributed by atoms with Gasteiger partial charge in [0.15, 0.2) is 6.61 Å². The first kappa shape index (κ1) is 15.7. The summed E-state index contributed by atoms with van der Waals surface area (Å²) in [7, 11) is 1.74. The molecule has 2 saturated heterocycles. The van der Waals surface area contributed by atoms with Crippen LogP contribution in [0.2, 0.25) is 0 Å². The van der Waals surface area contributed by atoms with Crippen molar-refractivity contribution in [2.24, 2.45) is 0 Å². The van der Waals surface area contributed by atoms with Gasteiger partial charge in [0, 0.05) is 26.2 Å². The lowest BCUT2D eigenvalue weighted by Crippen LogP contribution is -2.61. The maximum Gasteiger partial charge on any atom is 0.260 e. The first-order valence-electron chi connectivity index (χ1n) is 7.58. The zero-order valence-electron chi connectivity index (χ0n) is 12.9. The number of carbonyl (C=O) groups is 2. The Morgan fingerprint density at radius 2 is 2.30 bits per heavy atom. The molecule has 1 aromatic rings. The Bertz CT molecular complexity index is 609. The quantitative estimate of drug-likeness (QED) is 0.820. The van der Waals surface area contributed by atoms with Crippen LogP contribution in [0.4, 0.5) is 4.39 Å². The third-order valence-corrected chi connectivity index (χ3v) is 4.34. The van der Waals surface area contributed by atoms with Crippen LogP contribution < -0.4 is 4.74 Å². The largest absolute Gasteiger partial charge is 0.484 e. The number of piperidine rings is 1. The summed E-state index contributed by atoms with van der Waals surface area (Å²) in [5.74, 6) is -0.340. The molecule has 7 heteroatoms. The molecule has 2 aliphatic heterocycles. The maximum absolute atomic E-state index is 13.1. The maximum atomic E-state index is 13.1. The Balaban J connectivity index is 1.57. The predicted molar refractivity (Wildman–Crippen MR) is 79.4 cm³/mol. The molecule has 0 aliphatic carbocycles. The van der Waals surface area contributed by atoms with E-state index in [4.69, 9.17) is 9.47 Å². The Morgan fingerprint density at radius 3 is 3.09 bits per heavy atom. The second kappa shape index (κ2) is 6.54. The number of morpholine rings is 1. The molecule has 124 valence electrons. The number of amides is 2. The van der Waals surface area contributed by atoms with Crippen molar-refractivity contribution in [1.29, 1.82) is 0 Å². The van der Waals surface area contributed by atoms with Crippen LogP contribution in [0.1, 0.15) is 6.42 Å². The van der Waals surface area contributed by atoms with Crippen LogP contribution in [0.25, 0.3) is 0 Å². The van der Waals surface area contributed by atoms with Crippen LogP contribution in [0.3, 0.4) is 0 Å². The first-order valence-corrected chi connectivity index (χ1v) is 7.58. The lowest BCUT2D eigenvalue weighted by molar-refractivity contribution is -0.164. The van der Waals surface area contributed by atoms with Crippen molar-refractivity contribution in [1.82, 2.24) is 9.80 Å². The molecule has 2 aliphatic rings. The van der Waals surface area contributed by atoms with E-state index in [9.17, 15) is 14.0 Å². The van der Waals surface area contributed by atoms with Gasteiger partial charge >= 0.3 is 0 Å². The zero-order chi connectivity index (χ0) is 16.4. The highest BCUT2D eigenvalue weighted by Gasteiger charge is 2.39.